The first-order valence-electron chi connectivity index (χ1n) is 8.89. The number of nitrogens with zero attached hydrogens (tertiary/aromatic N) is 3. The summed E-state index contributed by atoms with van der Waals surface area (Å²) in [4.78, 5) is 11.6. The van der Waals surface area contributed by atoms with E-state index in [4.69, 9.17) is 4.98 Å². The molecule has 4 nitrogen and oxygen atoms in total. The fraction of sp³-hybridized carbons (Fsp3) is 0.238. The maximum Gasteiger partial charge on any atom is 0.229 e. The number of benzene rings is 2. The Kier molecular flexibility index (Phi) is 3.40. The van der Waals surface area contributed by atoms with E-state index >= 15 is 0 Å². The van der Waals surface area contributed by atoms with Gasteiger partial charge in [0.2, 0.25) is 5.95 Å². The Balaban J connectivity index is 1.46. The van der Waals surface area contributed by atoms with Crippen LogP contribution in [0, 0.1) is 0 Å². The molecule has 25 heavy (non-hydrogen) atoms. The molecule has 0 spiro atoms. The Hall–Kier alpha value is -2.88. The number of hydrogen-bond donors (Lipinski definition) is 1. The van der Waals surface area contributed by atoms with E-state index in [1.807, 2.05) is 42.6 Å². The first kappa shape index (κ1) is 14.5. The molecule has 1 saturated heterocycles. The standard InChI is InChI=1S/C21H20N4/c1-2-6-16(7-3-1)23-21-22-13-12-20(24-21)25-14-15-10-11-19(25)18-9-5-4-8-17(15)18/h1-9,12-13,15,19H,10-11,14H2,(H,22,23,24)/t15-,19+/m1/s1. The minimum Gasteiger partial charge on any atom is -0.349 e. The molecule has 1 N–H and O–H groups in total. The molecule has 3 aliphatic rings. The highest BCUT2D eigenvalue weighted by atomic mass is 15.3. The van der Waals surface area contributed by atoms with Crippen molar-refractivity contribution in [3.8, 4) is 0 Å². The van der Waals surface area contributed by atoms with E-state index in [-0.39, 0.29) is 0 Å². The average molecular weight is 328 g/mol. The number of nitrogens with one attached hydrogen (secondary N) is 1. The third-order valence-electron chi connectivity index (χ3n) is 5.34. The lowest BCUT2D eigenvalue weighted by atomic mass is 9.75. The smallest absolute Gasteiger partial charge is 0.229 e. The number of piperidine rings is 1. The van der Waals surface area contributed by atoms with Crippen molar-refractivity contribution < 1.29 is 0 Å². The number of fused-ring (bicyclic) bond motifs is 2. The Morgan fingerprint density at radius 1 is 0.880 bits per heavy atom. The van der Waals surface area contributed by atoms with Crippen LogP contribution in [-0.4, -0.2) is 16.5 Å². The zero-order valence-electron chi connectivity index (χ0n) is 14.0. The lowest BCUT2D eigenvalue weighted by Gasteiger charge is -2.47. The van der Waals surface area contributed by atoms with Gasteiger partial charge in [0, 0.05) is 24.3 Å². The highest BCUT2D eigenvalue weighted by molar-refractivity contribution is 5.56. The third kappa shape index (κ3) is 2.54. The minimum absolute atomic E-state index is 0.431. The van der Waals surface area contributed by atoms with Gasteiger partial charge in [0.05, 0.1) is 6.04 Å². The van der Waals surface area contributed by atoms with Gasteiger partial charge in [-0.15, -0.1) is 0 Å². The topological polar surface area (TPSA) is 41.1 Å². The van der Waals surface area contributed by atoms with Crippen molar-refractivity contribution in [3.05, 3.63) is 78.0 Å². The van der Waals surface area contributed by atoms with E-state index < -0.39 is 0 Å². The quantitative estimate of drug-likeness (QED) is 0.759. The molecular weight excluding hydrogens is 308 g/mol. The first-order chi connectivity index (χ1) is 12.4. The van der Waals surface area contributed by atoms with E-state index in [0.717, 1.165) is 18.1 Å². The van der Waals surface area contributed by atoms with Crippen LogP contribution in [0.5, 0.6) is 0 Å². The maximum absolute atomic E-state index is 4.79. The van der Waals surface area contributed by atoms with Gasteiger partial charge in [-0.3, -0.25) is 0 Å². The molecule has 1 fully saturated rings. The van der Waals surface area contributed by atoms with E-state index in [1.165, 1.54) is 24.0 Å². The Morgan fingerprint density at radius 2 is 1.68 bits per heavy atom. The molecular formula is C21H20N4. The molecule has 124 valence electrons. The molecule has 1 aliphatic carbocycles. The van der Waals surface area contributed by atoms with Gasteiger partial charge in [-0.2, -0.15) is 4.98 Å². The maximum atomic E-state index is 4.79. The summed E-state index contributed by atoms with van der Waals surface area (Å²) in [5.74, 6) is 2.28. The number of rotatable bonds is 3. The molecule has 4 heteroatoms. The first-order valence-corrected chi connectivity index (χ1v) is 8.89. The van der Waals surface area contributed by atoms with Crippen LogP contribution < -0.4 is 10.2 Å². The van der Waals surface area contributed by atoms with Crippen LogP contribution in [0.2, 0.25) is 0 Å². The molecule has 6 rings (SSSR count). The molecule has 3 heterocycles. The zero-order valence-corrected chi connectivity index (χ0v) is 14.0. The highest BCUT2D eigenvalue weighted by Gasteiger charge is 2.38. The van der Waals surface area contributed by atoms with Crippen LogP contribution in [0.4, 0.5) is 17.5 Å². The van der Waals surface area contributed by atoms with Gasteiger partial charge < -0.3 is 10.2 Å². The summed E-state index contributed by atoms with van der Waals surface area (Å²) in [5.41, 5.74) is 4.01. The Bertz CT molecular complexity index is 893. The molecule has 2 aliphatic heterocycles. The molecule has 1 aromatic heterocycles. The average Bonchev–Trinajstić information content (AvgIpc) is 2.70. The predicted molar refractivity (Wildman–Crippen MR) is 100 cm³/mol. The lowest BCUT2D eigenvalue weighted by molar-refractivity contribution is 0.387. The van der Waals surface area contributed by atoms with Gasteiger partial charge in [0.1, 0.15) is 5.82 Å². The number of hydrogen-bond acceptors (Lipinski definition) is 4. The number of aromatic nitrogens is 2. The van der Waals surface area contributed by atoms with Crippen LogP contribution in [-0.2, 0) is 0 Å². The normalized spacial score (nSPS) is 21.0. The van der Waals surface area contributed by atoms with Crippen molar-refractivity contribution in [2.45, 2.75) is 24.8 Å². The fourth-order valence-corrected chi connectivity index (χ4v) is 4.21. The molecule has 2 atom stereocenters. The fourth-order valence-electron chi connectivity index (χ4n) is 4.21. The molecule has 0 amide bonds. The predicted octanol–water partition coefficient (Wildman–Crippen LogP) is 4.66. The summed E-state index contributed by atoms with van der Waals surface area (Å²) in [6.45, 7) is 1.05. The highest BCUT2D eigenvalue weighted by Crippen LogP contribution is 2.47. The van der Waals surface area contributed by atoms with Gasteiger partial charge in [-0.25, -0.2) is 4.98 Å². The largest absolute Gasteiger partial charge is 0.349 e. The van der Waals surface area contributed by atoms with E-state index in [0.29, 0.717) is 17.9 Å². The Labute approximate surface area is 147 Å². The van der Waals surface area contributed by atoms with Crippen LogP contribution in [0.1, 0.15) is 35.9 Å². The van der Waals surface area contributed by atoms with Crippen molar-refractivity contribution in [1.29, 1.82) is 0 Å². The summed E-state index contributed by atoms with van der Waals surface area (Å²) in [5, 5.41) is 3.30. The lowest BCUT2D eigenvalue weighted by Crippen LogP contribution is -2.42. The van der Waals surface area contributed by atoms with Crippen molar-refractivity contribution in [3.63, 3.8) is 0 Å². The molecule has 0 radical (unpaired) electrons. The van der Waals surface area contributed by atoms with Crippen LogP contribution in [0.3, 0.4) is 0 Å². The minimum atomic E-state index is 0.431. The summed E-state index contributed by atoms with van der Waals surface area (Å²) in [6.07, 6.45) is 4.33. The summed E-state index contributed by atoms with van der Waals surface area (Å²) in [7, 11) is 0. The Morgan fingerprint density at radius 3 is 2.56 bits per heavy atom. The SMILES string of the molecule is c1ccc(Nc2nccc(N3C[C@H]4CC[C@H]3c3ccccc34)n2)cc1. The van der Waals surface area contributed by atoms with Crippen molar-refractivity contribution >= 4 is 17.5 Å². The number of anilines is 3. The van der Waals surface area contributed by atoms with Crippen molar-refractivity contribution in [2.24, 2.45) is 0 Å². The molecule has 0 saturated carbocycles. The van der Waals surface area contributed by atoms with Gasteiger partial charge in [0.25, 0.3) is 0 Å². The van der Waals surface area contributed by atoms with Gasteiger partial charge in [-0.05, 0) is 42.2 Å². The van der Waals surface area contributed by atoms with Crippen molar-refractivity contribution in [2.75, 3.05) is 16.8 Å². The summed E-state index contributed by atoms with van der Waals surface area (Å²) in [6, 6.07) is 21.4. The molecule has 2 aromatic carbocycles. The van der Waals surface area contributed by atoms with E-state index in [9.17, 15) is 0 Å². The van der Waals surface area contributed by atoms with Gasteiger partial charge in [-0.1, -0.05) is 42.5 Å². The second kappa shape index (κ2) is 5.88. The summed E-state index contributed by atoms with van der Waals surface area (Å²) < 4.78 is 0. The van der Waals surface area contributed by atoms with Crippen molar-refractivity contribution in [1.82, 2.24) is 9.97 Å². The van der Waals surface area contributed by atoms with E-state index in [2.05, 4.69) is 39.5 Å². The van der Waals surface area contributed by atoms with E-state index in [1.54, 1.807) is 0 Å². The van der Waals surface area contributed by atoms with Gasteiger partial charge in [0.15, 0.2) is 0 Å². The van der Waals surface area contributed by atoms with Gasteiger partial charge >= 0.3 is 0 Å². The third-order valence-corrected chi connectivity index (χ3v) is 5.34. The monoisotopic (exact) mass is 328 g/mol. The second-order valence-corrected chi connectivity index (χ2v) is 6.80. The van der Waals surface area contributed by atoms with Crippen LogP contribution in [0.25, 0.3) is 0 Å². The summed E-state index contributed by atoms with van der Waals surface area (Å²) >= 11 is 0. The van der Waals surface area contributed by atoms with Crippen LogP contribution >= 0.6 is 0 Å². The molecule has 3 aromatic rings. The number of para-hydroxylation sites is 1. The zero-order chi connectivity index (χ0) is 16.6. The van der Waals surface area contributed by atoms with Crippen LogP contribution in [0.15, 0.2) is 66.9 Å². The molecule has 0 unspecified atom stereocenters. The second-order valence-electron chi connectivity index (χ2n) is 6.80. The molecule has 2 bridgehead atoms.